The number of nitrogens with zero attached hydrogens (tertiary/aromatic N) is 1. The van der Waals surface area contributed by atoms with Crippen molar-refractivity contribution < 1.29 is 17.9 Å². The van der Waals surface area contributed by atoms with Crippen LogP contribution in [0, 0.1) is 6.92 Å². The second kappa shape index (κ2) is 9.15. The third-order valence-electron chi connectivity index (χ3n) is 5.07. The van der Waals surface area contributed by atoms with E-state index in [-0.39, 0.29) is 6.54 Å². The molecule has 0 aliphatic carbocycles. The highest BCUT2D eigenvalue weighted by atomic mass is 32.2. The Hall–Kier alpha value is -2.09. The van der Waals surface area contributed by atoms with Gasteiger partial charge in [0.05, 0.1) is 7.11 Å². The van der Waals surface area contributed by atoms with Crippen LogP contribution in [-0.4, -0.2) is 50.9 Å². The molecule has 0 radical (unpaired) electrons. The number of benzene rings is 2. The Kier molecular flexibility index (Phi) is 6.82. The lowest BCUT2D eigenvalue weighted by molar-refractivity contribution is -0.137. The Bertz CT molecular complexity index is 1040. The molecule has 3 rings (SSSR count). The number of aryl methyl sites for hydroxylation is 1. The number of ether oxygens (including phenoxy) is 1. The summed E-state index contributed by atoms with van der Waals surface area (Å²) in [7, 11) is -2.46. The highest BCUT2D eigenvalue weighted by Crippen LogP contribution is 2.31. The van der Waals surface area contributed by atoms with Gasteiger partial charge in [0, 0.05) is 18.0 Å². The lowest BCUT2D eigenvalue weighted by Crippen LogP contribution is -2.38. The molecule has 29 heavy (non-hydrogen) atoms. The van der Waals surface area contributed by atoms with Crippen LogP contribution in [-0.2, 0) is 19.6 Å². The van der Waals surface area contributed by atoms with Crippen LogP contribution in [0.15, 0.2) is 53.4 Å². The maximum atomic E-state index is 12.3. The molecule has 0 aromatic heterocycles. The van der Waals surface area contributed by atoms with Gasteiger partial charge in [0.15, 0.2) is 5.75 Å². The quantitative estimate of drug-likeness (QED) is 0.511. The first-order valence-corrected chi connectivity index (χ1v) is 12.2. The number of sulfonamides is 1. The summed E-state index contributed by atoms with van der Waals surface area (Å²) in [4.78, 5) is 12.6. The van der Waals surface area contributed by atoms with E-state index in [9.17, 15) is 13.2 Å². The van der Waals surface area contributed by atoms with Crippen LogP contribution in [0.3, 0.4) is 0 Å². The minimum atomic E-state index is -3.65. The van der Waals surface area contributed by atoms with Crippen molar-refractivity contribution in [2.45, 2.75) is 18.2 Å². The fourth-order valence-electron chi connectivity index (χ4n) is 3.44. The van der Waals surface area contributed by atoms with Gasteiger partial charge in [-0.05, 0) is 59.6 Å². The largest absolute Gasteiger partial charge is 0.468 e. The van der Waals surface area contributed by atoms with E-state index < -0.39 is 21.7 Å². The van der Waals surface area contributed by atoms with Gasteiger partial charge in [-0.15, -0.1) is 11.8 Å². The van der Waals surface area contributed by atoms with Gasteiger partial charge >= 0.3 is 5.97 Å². The first-order valence-electron chi connectivity index (χ1n) is 9.33. The summed E-state index contributed by atoms with van der Waals surface area (Å²) in [6, 6.07) is 14.9. The maximum absolute atomic E-state index is 12.3. The van der Waals surface area contributed by atoms with Crippen molar-refractivity contribution in [3.8, 4) is 11.1 Å². The highest BCUT2D eigenvalue weighted by molar-refractivity contribution is 7.98. The summed E-state index contributed by atoms with van der Waals surface area (Å²) >= 11 is 1.72. The standard InChI is InChI=1S/C22H25NO4S2/c1-16-13-18(7-8-21(16)19-5-4-6-20(14-19)28-3)17-9-11-23(12-10-17)29(25,26)15-22(24)27-2/h4-9,13-14H,10-12,15H2,1-3H3. The van der Waals surface area contributed by atoms with Crippen molar-refractivity contribution in [3.63, 3.8) is 0 Å². The number of methoxy groups -OCH3 is 1. The Labute approximate surface area is 176 Å². The van der Waals surface area contributed by atoms with Gasteiger partial charge in [0.25, 0.3) is 0 Å². The molecular formula is C22H25NO4S2. The van der Waals surface area contributed by atoms with Crippen molar-refractivity contribution in [1.29, 1.82) is 0 Å². The number of hydrogen-bond donors (Lipinski definition) is 0. The number of thioether (sulfide) groups is 1. The molecule has 0 atom stereocenters. The minimum absolute atomic E-state index is 0.269. The Morgan fingerprint density at radius 2 is 1.97 bits per heavy atom. The van der Waals surface area contributed by atoms with Crippen molar-refractivity contribution in [3.05, 3.63) is 59.7 Å². The Balaban J connectivity index is 1.78. The van der Waals surface area contributed by atoms with Crippen LogP contribution in [0.25, 0.3) is 16.7 Å². The van der Waals surface area contributed by atoms with E-state index in [2.05, 4.69) is 60.4 Å². The van der Waals surface area contributed by atoms with Gasteiger partial charge in [-0.1, -0.05) is 36.4 Å². The second-order valence-electron chi connectivity index (χ2n) is 6.93. The molecular weight excluding hydrogens is 406 g/mol. The molecule has 1 aliphatic heterocycles. The van der Waals surface area contributed by atoms with E-state index in [0.717, 1.165) is 11.1 Å². The number of carbonyl (C=O) groups excluding carboxylic acids is 1. The van der Waals surface area contributed by atoms with Crippen molar-refractivity contribution in [1.82, 2.24) is 4.31 Å². The fourth-order valence-corrected chi connectivity index (χ4v) is 5.17. The van der Waals surface area contributed by atoms with E-state index >= 15 is 0 Å². The topological polar surface area (TPSA) is 63.7 Å². The molecule has 0 spiro atoms. The van der Waals surface area contributed by atoms with Gasteiger partial charge in [-0.3, -0.25) is 4.79 Å². The third kappa shape index (κ3) is 5.10. The van der Waals surface area contributed by atoms with Gasteiger partial charge in [0.1, 0.15) is 0 Å². The SMILES string of the molecule is COC(=O)CS(=O)(=O)N1CC=C(c2ccc(-c3cccc(SC)c3)c(C)c2)CC1. The molecule has 7 heteroatoms. The van der Waals surface area contributed by atoms with E-state index in [1.165, 1.54) is 33.0 Å². The molecule has 0 unspecified atom stereocenters. The lowest BCUT2D eigenvalue weighted by Gasteiger charge is -2.25. The molecule has 2 aromatic carbocycles. The molecule has 2 aromatic rings. The molecule has 0 saturated heterocycles. The molecule has 0 amide bonds. The van der Waals surface area contributed by atoms with Crippen molar-refractivity contribution >= 4 is 33.3 Å². The highest BCUT2D eigenvalue weighted by Gasteiger charge is 2.27. The number of carbonyl (C=O) groups is 1. The second-order valence-corrected chi connectivity index (χ2v) is 9.78. The molecule has 0 N–H and O–H groups in total. The zero-order valence-corrected chi connectivity index (χ0v) is 18.5. The van der Waals surface area contributed by atoms with E-state index in [4.69, 9.17) is 0 Å². The Morgan fingerprint density at radius 1 is 1.17 bits per heavy atom. The summed E-state index contributed by atoms with van der Waals surface area (Å²) < 4.78 is 30.4. The van der Waals surface area contributed by atoms with Crippen molar-refractivity contribution in [2.75, 3.05) is 32.2 Å². The zero-order chi connectivity index (χ0) is 21.0. The number of hydrogen-bond acceptors (Lipinski definition) is 5. The summed E-state index contributed by atoms with van der Waals surface area (Å²) in [5.41, 5.74) is 5.81. The molecule has 154 valence electrons. The molecule has 0 bridgehead atoms. The summed E-state index contributed by atoms with van der Waals surface area (Å²) in [5, 5.41) is 0. The third-order valence-corrected chi connectivity index (χ3v) is 7.52. The molecule has 1 heterocycles. The van der Waals surface area contributed by atoms with Gasteiger partial charge in [-0.25, -0.2) is 8.42 Å². The van der Waals surface area contributed by atoms with E-state index in [1.807, 2.05) is 6.08 Å². The van der Waals surface area contributed by atoms with Crippen LogP contribution < -0.4 is 0 Å². The van der Waals surface area contributed by atoms with Crippen LogP contribution in [0.5, 0.6) is 0 Å². The normalized spacial score (nSPS) is 15.1. The first-order chi connectivity index (χ1) is 13.8. The monoisotopic (exact) mass is 431 g/mol. The van der Waals surface area contributed by atoms with Crippen LogP contribution in [0.4, 0.5) is 0 Å². The average Bonchev–Trinajstić information content (AvgIpc) is 2.73. The van der Waals surface area contributed by atoms with Crippen LogP contribution >= 0.6 is 11.8 Å². The van der Waals surface area contributed by atoms with Gasteiger partial charge in [0.2, 0.25) is 10.0 Å². The number of rotatable bonds is 6. The molecule has 0 saturated carbocycles. The Morgan fingerprint density at radius 3 is 2.59 bits per heavy atom. The summed E-state index contributed by atoms with van der Waals surface area (Å²) in [6.07, 6.45) is 4.61. The summed E-state index contributed by atoms with van der Waals surface area (Å²) in [5.74, 6) is -1.35. The van der Waals surface area contributed by atoms with Gasteiger partial charge < -0.3 is 4.74 Å². The molecule has 5 nitrogen and oxygen atoms in total. The zero-order valence-electron chi connectivity index (χ0n) is 16.8. The van der Waals surface area contributed by atoms with Crippen LogP contribution in [0.1, 0.15) is 17.5 Å². The van der Waals surface area contributed by atoms with Crippen molar-refractivity contribution in [2.24, 2.45) is 0 Å². The van der Waals surface area contributed by atoms with E-state index in [0.29, 0.717) is 13.0 Å². The van der Waals surface area contributed by atoms with Gasteiger partial charge in [-0.2, -0.15) is 4.31 Å². The lowest BCUT2D eigenvalue weighted by atomic mass is 9.93. The number of esters is 1. The predicted octanol–water partition coefficient (Wildman–Crippen LogP) is 3.98. The smallest absolute Gasteiger partial charge is 0.322 e. The first kappa shape index (κ1) is 21.6. The fraction of sp³-hybridized carbons (Fsp3) is 0.318. The summed E-state index contributed by atoms with van der Waals surface area (Å²) in [6.45, 7) is 2.73. The maximum Gasteiger partial charge on any atom is 0.322 e. The molecule has 0 fully saturated rings. The van der Waals surface area contributed by atoms with E-state index in [1.54, 1.807) is 11.8 Å². The van der Waals surface area contributed by atoms with Crippen LogP contribution in [0.2, 0.25) is 0 Å². The minimum Gasteiger partial charge on any atom is -0.468 e. The average molecular weight is 432 g/mol. The predicted molar refractivity (Wildman–Crippen MR) is 118 cm³/mol. The molecule has 1 aliphatic rings.